The average molecular weight is 306 g/mol. The van der Waals surface area contributed by atoms with Gasteiger partial charge in [-0.05, 0) is 44.4 Å². The molecule has 1 aliphatic heterocycles. The lowest BCUT2D eigenvalue weighted by atomic mass is 10.0. The number of carbonyl (C=O) groups is 2. The monoisotopic (exact) mass is 306 g/mol. The molecule has 0 aromatic heterocycles. The molecule has 2 atom stereocenters. The maximum atomic E-state index is 12.1. The molecule has 2 rings (SSSR count). The van der Waals surface area contributed by atoms with Gasteiger partial charge in [-0.3, -0.25) is 9.59 Å². The van der Waals surface area contributed by atoms with E-state index >= 15 is 0 Å². The summed E-state index contributed by atoms with van der Waals surface area (Å²) in [6.45, 7) is 4.44. The molecule has 0 saturated carbocycles. The van der Waals surface area contributed by atoms with Crippen LogP contribution >= 0.6 is 0 Å². The van der Waals surface area contributed by atoms with Crippen molar-refractivity contribution in [3.63, 3.8) is 0 Å². The maximum absolute atomic E-state index is 12.1. The Morgan fingerprint density at radius 3 is 2.64 bits per heavy atom. The van der Waals surface area contributed by atoms with Gasteiger partial charge in [-0.15, -0.1) is 0 Å². The standard InChI is InChI=1S/C16H22N2O4/c1-10-7-8-18(10)16(22)11(2)17-15(21)6-4-12-3-5-13(19)14(20)9-12/h3,5,9-11,19-20H,4,6-8H2,1-2H3,(H,17,21). The largest absolute Gasteiger partial charge is 0.504 e. The van der Waals surface area contributed by atoms with E-state index in [0.717, 1.165) is 18.5 Å². The molecule has 1 fully saturated rings. The quantitative estimate of drug-likeness (QED) is 0.712. The molecule has 120 valence electrons. The van der Waals surface area contributed by atoms with Crippen LogP contribution in [0.1, 0.15) is 32.3 Å². The van der Waals surface area contributed by atoms with Crippen molar-refractivity contribution in [1.82, 2.24) is 10.2 Å². The third-order valence-corrected chi connectivity index (χ3v) is 4.03. The summed E-state index contributed by atoms with van der Waals surface area (Å²) >= 11 is 0. The van der Waals surface area contributed by atoms with Crippen LogP contribution in [0.5, 0.6) is 11.5 Å². The number of carbonyl (C=O) groups excluding carboxylic acids is 2. The van der Waals surface area contributed by atoms with E-state index in [2.05, 4.69) is 5.32 Å². The Morgan fingerprint density at radius 1 is 1.36 bits per heavy atom. The lowest BCUT2D eigenvalue weighted by Gasteiger charge is -2.40. The van der Waals surface area contributed by atoms with E-state index in [-0.39, 0.29) is 35.8 Å². The topological polar surface area (TPSA) is 89.9 Å². The molecule has 6 heteroatoms. The van der Waals surface area contributed by atoms with Gasteiger partial charge in [0, 0.05) is 19.0 Å². The van der Waals surface area contributed by atoms with Crippen LogP contribution in [0.4, 0.5) is 0 Å². The van der Waals surface area contributed by atoms with Crippen LogP contribution in [-0.4, -0.2) is 45.6 Å². The van der Waals surface area contributed by atoms with E-state index < -0.39 is 6.04 Å². The summed E-state index contributed by atoms with van der Waals surface area (Å²) in [5.74, 6) is -0.639. The van der Waals surface area contributed by atoms with E-state index in [0.29, 0.717) is 6.42 Å². The summed E-state index contributed by atoms with van der Waals surface area (Å²) in [5, 5.41) is 21.3. The van der Waals surface area contributed by atoms with Crippen molar-refractivity contribution in [3.8, 4) is 11.5 Å². The Hall–Kier alpha value is -2.24. The number of phenols is 2. The Kier molecular flexibility index (Phi) is 4.90. The third kappa shape index (κ3) is 3.69. The van der Waals surface area contributed by atoms with Crippen molar-refractivity contribution in [2.75, 3.05) is 6.54 Å². The lowest BCUT2D eigenvalue weighted by Crippen LogP contribution is -2.56. The zero-order valence-electron chi connectivity index (χ0n) is 12.9. The first kappa shape index (κ1) is 16.1. The van der Waals surface area contributed by atoms with Crippen LogP contribution in [-0.2, 0) is 16.0 Å². The minimum Gasteiger partial charge on any atom is -0.504 e. The highest BCUT2D eigenvalue weighted by Crippen LogP contribution is 2.25. The van der Waals surface area contributed by atoms with Gasteiger partial charge in [0.2, 0.25) is 11.8 Å². The van der Waals surface area contributed by atoms with Gasteiger partial charge in [0.15, 0.2) is 11.5 Å². The van der Waals surface area contributed by atoms with Gasteiger partial charge in [0.25, 0.3) is 0 Å². The fourth-order valence-corrected chi connectivity index (χ4v) is 2.45. The highest BCUT2D eigenvalue weighted by molar-refractivity contribution is 5.88. The summed E-state index contributed by atoms with van der Waals surface area (Å²) in [5.41, 5.74) is 0.751. The first-order valence-electron chi connectivity index (χ1n) is 7.49. The molecule has 0 aliphatic carbocycles. The number of rotatable bonds is 5. The smallest absolute Gasteiger partial charge is 0.245 e. The molecule has 0 spiro atoms. The Labute approximate surface area is 129 Å². The van der Waals surface area contributed by atoms with Gasteiger partial charge < -0.3 is 20.4 Å². The molecule has 1 aliphatic rings. The Bertz CT molecular complexity index is 573. The van der Waals surface area contributed by atoms with Crippen molar-refractivity contribution in [2.45, 2.75) is 45.2 Å². The average Bonchev–Trinajstić information content (AvgIpc) is 2.46. The minimum atomic E-state index is -0.525. The number of aryl methyl sites for hydroxylation is 1. The normalized spacial score (nSPS) is 18.5. The molecule has 0 bridgehead atoms. The molecule has 2 unspecified atom stereocenters. The molecule has 1 aromatic rings. The van der Waals surface area contributed by atoms with Gasteiger partial charge in [0.1, 0.15) is 6.04 Å². The zero-order chi connectivity index (χ0) is 16.3. The highest BCUT2D eigenvalue weighted by Gasteiger charge is 2.31. The van der Waals surface area contributed by atoms with E-state index in [4.69, 9.17) is 0 Å². The van der Waals surface area contributed by atoms with Gasteiger partial charge in [-0.1, -0.05) is 6.07 Å². The predicted molar refractivity (Wildman–Crippen MR) is 81.5 cm³/mol. The summed E-state index contributed by atoms with van der Waals surface area (Å²) in [7, 11) is 0. The third-order valence-electron chi connectivity index (χ3n) is 4.03. The van der Waals surface area contributed by atoms with Gasteiger partial charge >= 0.3 is 0 Å². The summed E-state index contributed by atoms with van der Waals surface area (Å²) in [4.78, 5) is 25.7. The summed E-state index contributed by atoms with van der Waals surface area (Å²) in [6.07, 6.45) is 1.66. The minimum absolute atomic E-state index is 0.0469. The van der Waals surface area contributed by atoms with Crippen molar-refractivity contribution in [2.24, 2.45) is 0 Å². The SMILES string of the molecule is CC(NC(=O)CCc1ccc(O)c(O)c1)C(=O)N1CCC1C. The number of nitrogens with one attached hydrogen (secondary N) is 1. The highest BCUT2D eigenvalue weighted by atomic mass is 16.3. The van der Waals surface area contributed by atoms with E-state index in [1.807, 2.05) is 6.92 Å². The molecule has 6 nitrogen and oxygen atoms in total. The van der Waals surface area contributed by atoms with Crippen LogP contribution in [0.2, 0.25) is 0 Å². The van der Waals surface area contributed by atoms with Crippen LogP contribution in [0.15, 0.2) is 18.2 Å². The second-order valence-corrected chi connectivity index (χ2v) is 5.78. The summed E-state index contributed by atoms with van der Waals surface area (Å²) < 4.78 is 0. The molecule has 2 amide bonds. The Morgan fingerprint density at radius 2 is 2.09 bits per heavy atom. The number of amides is 2. The van der Waals surface area contributed by atoms with Gasteiger partial charge in [0.05, 0.1) is 0 Å². The van der Waals surface area contributed by atoms with Crippen LogP contribution in [0, 0.1) is 0 Å². The van der Waals surface area contributed by atoms with Crippen molar-refractivity contribution < 1.29 is 19.8 Å². The van der Waals surface area contributed by atoms with Crippen LogP contribution in [0.3, 0.4) is 0 Å². The van der Waals surface area contributed by atoms with E-state index in [1.54, 1.807) is 17.9 Å². The Balaban J connectivity index is 1.79. The van der Waals surface area contributed by atoms with E-state index in [1.165, 1.54) is 12.1 Å². The summed E-state index contributed by atoms with van der Waals surface area (Å²) in [6, 6.07) is 4.20. The molecule has 22 heavy (non-hydrogen) atoms. The second-order valence-electron chi connectivity index (χ2n) is 5.78. The number of likely N-dealkylation sites (tertiary alicyclic amines) is 1. The first-order valence-corrected chi connectivity index (χ1v) is 7.49. The number of nitrogens with zero attached hydrogens (tertiary/aromatic N) is 1. The molecule has 1 aromatic carbocycles. The predicted octanol–water partition coefficient (Wildman–Crippen LogP) is 1.16. The van der Waals surface area contributed by atoms with Crippen LogP contribution in [0.25, 0.3) is 0 Å². The molecule has 1 saturated heterocycles. The van der Waals surface area contributed by atoms with Crippen LogP contribution < -0.4 is 5.32 Å². The number of benzene rings is 1. The first-order chi connectivity index (χ1) is 10.4. The molecule has 0 radical (unpaired) electrons. The number of hydrogen-bond donors (Lipinski definition) is 3. The fraction of sp³-hybridized carbons (Fsp3) is 0.500. The molecular formula is C16H22N2O4. The van der Waals surface area contributed by atoms with Crippen molar-refractivity contribution in [1.29, 1.82) is 0 Å². The van der Waals surface area contributed by atoms with Gasteiger partial charge in [-0.25, -0.2) is 0 Å². The maximum Gasteiger partial charge on any atom is 0.245 e. The number of aromatic hydroxyl groups is 2. The fourth-order valence-electron chi connectivity index (χ4n) is 2.45. The molecule has 3 N–H and O–H groups in total. The number of phenolic OH excluding ortho intramolecular Hbond substituents is 2. The lowest BCUT2D eigenvalue weighted by molar-refractivity contribution is -0.142. The van der Waals surface area contributed by atoms with Crippen molar-refractivity contribution in [3.05, 3.63) is 23.8 Å². The van der Waals surface area contributed by atoms with Crippen molar-refractivity contribution >= 4 is 11.8 Å². The van der Waals surface area contributed by atoms with E-state index in [9.17, 15) is 19.8 Å². The second kappa shape index (κ2) is 6.68. The zero-order valence-corrected chi connectivity index (χ0v) is 12.9. The van der Waals surface area contributed by atoms with Gasteiger partial charge in [-0.2, -0.15) is 0 Å². The molecular weight excluding hydrogens is 284 g/mol. The number of hydrogen-bond acceptors (Lipinski definition) is 4. The molecule has 1 heterocycles.